The topological polar surface area (TPSA) is 92.8 Å². The molecule has 1 saturated carbocycles. The van der Waals surface area contributed by atoms with E-state index in [0.717, 1.165) is 19.3 Å². The van der Waals surface area contributed by atoms with Crippen LogP contribution in [0.5, 0.6) is 0 Å². The molecule has 1 aromatic rings. The van der Waals surface area contributed by atoms with E-state index in [-0.39, 0.29) is 29.2 Å². The first-order valence-electron chi connectivity index (χ1n) is 9.82. The van der Waals surface area contributed by atoms with E-state index < -0.39 is 0 Å². The van der Waals surface area contributed by atoms with Crippen molar-refractivity contribution in [1.29, 1.82) is 0 Å². The minimum atomic E-state index is -0.121. The summed E-state index contributed by atoms with van der Waals surface area (Å²) in [6, 6.07) is 0. The Labute approximate surface area is 159 Å². The van der Waals surface area contributed by atoms with Gasteiger partial charge >= 0.3 is 0 Å². The van der Waals surface area contributed by atoms with Crippen LogP contribution in [0.4, 0.5) is 0 Å². The Bertz CT molecular complexity index is 814. The summed E-state index contributed by atoms with van der Waals surface area (Å²) < 4.78 is 5.41. The number of rotatable bonds is 5. The van der Waals surface area contributed by atoms with Crippen molar-refractivity contribution in [3.63, 3.8) is 0 Å². The number of hydrogen-bond acceptors (Lipinski definition) is 6. The van der Waals surface area contributed by atoms with Crippen LogP contribution in [-0.2, 0) is 17.6 Å². The van der Waals surface area contributed by atoms with E-state index in [4.69, 9.17) is 4.52 Å². The van der Waals surface area contributed by atoms with Gasteiger partial charge in [-0.25, -0.2) is 0 Å². The summed E-state index contributed by atoms with van der Waals surface area (Å²) >= 11 is 0. The molecule has 0 aromatic carbocycles. The number of carbonyl (C=O) groups excluding carboxylic acids is 2. The normalized spacial score (nSPS) is 22.9. The highest BCUT2D eigenvalue weighted by atomic mass is 16.5. The number of hydrogen-bond donors (Lipinski definition) is 1. The molecule has 3 rings (SSSR count). The molecular weight excluding hydrogens is 344 g/mol. The molecule has 0 radical (unpaired) electrons. The van der Waals surface area contributed by atoms with Crippen LogP contribution in [0.2, 0.25) is 0 Å². The zero-order valence-electron chi connectivity index (χ0n) is 16.4. The van der Waals surface area contributed by atoms with Crippen molar-refractivity contribution in [2.24, 2.45) is 10.4 Å². The molecule has 6 heteroatoms. The molecule has 1 N–H and O–H groups in total. The first-order valence-corrected chi connectivity index (χ1v) is 9.82. The molecule has 0 amide bonds. The van der Waals surface area contributed by atoms with Gasteiger partial charge in [0.2, 0.25) is 0 Å². The van der Waals surface area contributed by atoms with E-state index >= 15 is 0 Å². The van der Waals surface area contributed by atoms with Gasteiger partial charge in [-0.15, -0.1) is 0 Å². The molecule has 2 aliphatic rings. The predicted molar refractivity (Wildman–Crippen MR) is 102 cm³/mol. The third kappa shape index (κ3) is 4.20. The van der Waals surface area contributed by atoms with Crippen LogP contribution in [0.25, 0.3) is 0 Å². The first kappa shape index (κ1) is 19.5. The largest absolute Gasteiger partial charge is 0.511 e. The Morgan fingerprint density at radius 2 is 2.00 bits per heavy atom. The number of aliphatic hydroxyl groups excluding tert-OH is 1. The number of carbonyl (C=O) groups is 2. The molecule has 0 aliphatic heterocycles. The lowest BCUT2D eigenvalue weighted by molar-refractivity contribution is -0.115. The van der Waals surface area contributed by atoms with Crippen LogP contribution >= 0.6 is 0 Å². The minimum absolute atomic E-state index is 0.0450. The molecule has 1 aromatic heterocycles. The highest BCUT2D eigenvalue weighted by Gasteiger charge is 2.36. The summed E-state index contributed by atoms with van der Waals surface area (Å²) in [6.07, 6.45) is 4.61. The van der Waals surface area contributed by atoms with Gasteiger partial charge in [-0.1, -0.05) is 25.9 Å². The first-order chi connectivity index (χ1) is 12.8. The molecule has 0 spiro atoms. The van der Waals surface area contributed by atoms with Gasteiger partial charge in [0.1, 0.15) is 11.5 Å². The van der Waals surface area contributed by atoms with E-state index in [0.29, 0.717) is 60.5 Å². The summed E-state index contributed by atoms with van der Waals surface area (Å²) in [6.45, 7) is 6.76. The smallest absolute Gasteiger partial charge is 0.168 e. The minimum Gasteiger partial charge on any atom is -0.511 e. The van der Waals surface area contributed by atoms with Crippen LogP contribution in [0, 0.1) is 5.41 Å². The zero-order chi connectivity index (χ0) is 19.6. The molecule has 146 valence electrons. The third-order valence-corrected chi connectivity index (χ3v) is 5.19. The standard InChI is InChI=1S/C21H28N2O4/c1-4-10-22-13-6-5-7-15(24)19(13)16(25)9-8-14-20-17(26)11-21(2,3)12-18(20)27-23-14/h25H,4-12H2,1-3H3/b19-16-,22-13?. The van der Waals surface area contributed by atoms with Gasteiger partial charge < -0.3 is 9.63 Å². The maximum absolute atomic E-state index is 12.5. The van der Waals surface area contributed by atoms with Gasteiger partial charge in [0, 0.05) is 44.4 Å². The van der Waals surface area contributed by atoms with E-state index in [2.05, 4.69) is 10.1 Å². The van der Waals surface area contributed by atoms with Crippen molar-refractivity contribution in [3.8, 4) is 0 Å². The maximum atomic E-state index is 12.5. The Hall–Kier alpha value is -2.24. The molecule has 1 heterocycles. The molecule has 0 bridgehead atoms. The second kappa shape index (κ2) is 7.79. The number of aliphatic imine (C=N–C) groups is 1. The van der Waals surface area contributed by atoms with E-state index in [1.165, 1.54) is 0 Å². The number of fused-ring (bicyclic) bond motifs is 1. The predicted octanol–water partition coefficient (Wildman–Crippen LogP) is 4.18. The van der Waals surface area contributed by atoms with Gasteiger partial charge in [-0.2, -0.15) is 0 Å². The summed E-state index contributed by atoms with van der Waals surface area (Å²) in [5.41, 5.74) is 2.12. The average Bonchev–Trinajstić information content (AvgIpc) is 2.99. The fourth-order valence-corrected chi connectivity index (χ4v) is 3.91. The van der Waals surface area contributed by atoms with Crippen LogP contribution in [0.15, 0.2) is 20.8 Å². The lowest BCUT2D eigenvalue weighted by Gasteiger charge is -2.26. The van der Waals surface area contributed by atoms with Crippen molar-refractivity contribution >= 4 is 17.3 Å². The number of aliphatic hydroxyl groups is 1. The Balaban J connectivity index is 1.80. The quantitative estimate of drug-likeness (QED) is 0.618. The van der Waals surface area contributed by atoms with Crippen LogP contribution in [0.1, 0.15) is 81.1 Å². The fraction of sp³-hybridized carbons (Fsp3) is 0.619. The lowest BCUT2D eigenvalue weighted by atomic mass is 9.76. The molecular formula is C21H28N2O4. The van der Waals surface area contributed by atoms with Crippen molar-refractivity contribution in [2.45, 2.75) is 72.1 Å². The van der Waals surface area contributed by atoms with E-state index in [1.54, 1.807) is 0 Å². The summed E-state index contributed by atoms with van der Waals surface area (Å²) in [5.74, 6) is 0.685. The van der Waals surface area contributed by atoms with Crippen LogP contribution in [0.3, 0.4) is 0 Å². The Morgan fingerprint density at radius 1 is 1.22 bits per heavy atom. The van der Waals surface area contributed by atoms with Gasteiger partial charge in [-0.3, -0.25) is 14.6 Å². The molecule has 0 saturated heterocycles. The highest BCUT2D eigenvalue weighted by molar-refractivity contribution is 6.24. The highest BCUT2D eigenvalue weighted by Crippen LogP contribution is 2.36. The third-order valence-electron chi connectivity index (χ3n) is 5.19. The zero-order valence-corrected chi connectivity index (χ0v) is 16.4. The van der Waals surface area contributed by atoms with Crippen molar-refractivity contribution in [1.82, 2.24) is 5.16 Å². The van der Waals surface area contributed by atoms with Crippen LogP contribution < -0.4 is 0 Å². The van der Waals surface area contributed by atoms with Gasteiger partial charge in [-0.05, 0) is 24.7 Å². The molecule has 0 unspecified atom stereocenters. The van der Waals surface area contributed by atoms with E-state index in [9.17, 15) is 14.7 Å². The van der Waals surface area contributed by atoms with E-state index in [1.807, 2.05) is 20.8 Å². The van der Waals surface area contributed by atoms with Crippen molar-refractivity contribution in [2.75, 3.05) is 6.54 Å². The SMILES string of the molecule is CCCN=C1CCCC(=O)/C1=C(\O)CCc1noc2c1C(=O)CC(C)(C)C2. The summed E-state index contributed by atoms with van der Waals surface area (Å²) in [4.78, 5) is 29.3. The van der Waals surface area contributed by atoms with Gasteiger partial charge in [0.15, 0.2) is 11.6 Å². The summed E-state index contributed by atoms with van der Waals surface area (Å²) in [5, 5.41) is 14.7. The number of Topliss-reactive ketones (excluding diaryl/α,β-unsaturated/α-hetero) is 2. The van der Waals surface area contributed by atoms with Gasteiger partial charge in [0.05, 0.1) is 16.8 Å². The van der Waals surface area contributed by atoms with Gasteiger partial charge in [0.25, 0.3) is 0 Å². The fourth-order valence-electron chi connectivity index (χ4n) is 3.91. The lowest BCUT2D eigenvalue weighted by Crippen LogP contribution is -2.26. The molecule has 6 nitrogen and oxygen atoms in total. The number of ketones is 2. The van der Waals surface area contributed by atoms with Crippen LogP contribution in [-0.4, -0.2) is 34.1 Å². The van der Waals surface area contributed by atoms with Crippen molar-refractivity contribution < 1.29 is 19.2 Å². The molecule has 0 atom stereocenters. The summed E-state index contributed by atoms with van der Waals surface area (Å²) in [7, 11) is 0. The second-order valence-electron chi connectivity index (χ2n) is 8.30. The molecule has 2 aliphatic carbocycles. The number of allylic oxidation sites excluding steroid dienone is 2. The monoisotopic (exact) mass is 372 g/mol. The number of nitrogens with zero attached hydrogens (tertiary/aromatic N) is 2. The molecule has 27 heavy (non-hydrogen) atoms. The second-order valence-corrected chi connectivity index (χ2v) is 8.30. The maximum Gasteiger partial charge on any atom is 0.168 e. The number of aryl methyl sites for hydroxylation is 1. The Kier molecular flexibility index (Phi) is 5.63. The number of aromatic nitrogens is 1. The Morgan fingerprint density at radius 3 is 2.74 bits per heavy atom. The average molecular weight is 372 g/mol. The van der Waals surface area contributed by atoms with Crippen molar-refractivity contribution in [3.05, 3.63) is 28.3 Å². The molecule has 1 fully saturated rings.